The molecule has 0 atom stereocenters. The Hall–Kier alpha value is -3.58. The molecule has 33 heavy (non-hydrogen) atoms. The van der Waals surface area contributed by atoms with E-state index in [2.05, 4.69) is 109 Å². The van der Waals surface area contributed by atoms with Gasteiger partial charge in [0.15, 0.2) is 0 Å². The van der Waals surface area contributed by atoms with Crippen LogP contribution in [0.25, 0.3) is 0 Å². The Morgan fingerprint density at radius 2 is 0.970 bits per heavy atom. The molecule has 0 unspecified atom stereocenters. The second kappa shape index (κ2) is 13.8. The predicted octanol–water partition coefficient (Wildman–Crippen LogP) is 9.29. The van der Waals surface area contributed by atoms with Crippen molar-refractivity contribution in [1.29, 1.82) is 0 Å². The molecular formula is C32H35N. The van der Waals surface area contributed by atoms with Crippen LogP contribution in [0.3, 0.4) is 0 Å². The predicted molar refractivity (Wildman–Crippen MR) is 146 cm³/mol. The van der Waals surface area contributed by atoms with Gasteiger partial charge in [-0.05, 0) is 86.1 Å². The van der Waals surface area contributed by atoms with Crippen molar-refractivity contribution in [2.75, 3.05) is 4.90 Å². The van der Waals surface area contributed by atoms with Crippen molar-refractivity contribution in [3.63, 3.8) is 0 Å². The maximum atomic E-state index is 3.72. The van der Waals surface area contributed by atoms with Crippen LogP contribution < -0.4 is 4.90 Å². The molecule has 0 spiro atoms. The number of unbranched alkanes of at least 4 members (excludes halogenated alkanes) is 2. The molecule has 0 amide bonds. The first kappa shape index (κ1) is 24.1. The van der Waals surface area contributed by atoms with Gasteiger partial charge in [-0.2, -0.15) is 0 Å². The van der Waals surface area contributed by atoms with E-state index in [0.717, 1.165) is 38.5 Å². The molecule has 0 saturated heterocycles. The van der Waals surface area contributed by atoms with Crippen LogP contribution in [-0.2, 0) is 12.8 Å². The van der Waals surface area contributed by atoms with Crippen LogP contribution in [-0.4, -0.2) is 0 Å². The maximum Gasteiger partial charge on any atom is 0.0461 e. The summed E-state index contributed by atoms with van der Waals surface area (Å²) in [5.74, 6) is 0. The summed E-state index contributed by atoms with van der Waals surface area (Å²) in [5.41, 5.74) is 6.28. The summed E-state index contributed by atoms with van der Waals surface area (Å²) in [7, 11) is 0. The van der Waals surface area contributed by atoms with Crippen molar-refractivity contribution in [1.82, 2.24) is 0 Å². The Labute approximate surface area is 200 Å². The summed E-state index contributed by atoms with van der Waals surface area (Å²) in [5, 5.41) is 0. The second-order valence-electron chi connectivity index (χ2n) is 8.12. The molecule has 0 heterocycles. The van der Waals surface area contributed by atoms with Crippen molar-refractivity contribution in [3.05, 3.63) is 140 Å². The van der Waals surface area contributed by atoms with E-state index in [4.69, 9.17) is 0 Å². The molecule has 0 N–H and O–H groups in total. The summed E-state index contributed by atoms with van der Waals surface area (Å²) in [4.78, 5) is 2.33. The van der Waals surface area contributed by atoms with E-state index >= 15 is 0 Å². The SMILES string of the molecule is C=C/C=C/CCCc1ccc(N(c2ccccc2)c2ccc(CCC/C=C/C=C)cc2)cc1. The monoisotopic (exact) mass is 433 g/mol. The fraction of sp³-hybridized carbons (Fsp3) is 0.188. The summed E-state index contributed by atoms with van der Waals surface area (Å²) in [6.45, 7) is 7.45. The van der Waals surface area contributed by atoms with Crippen molar-refractivity contribution in [2.24, 2.45) is 0 Å². The number of para-hydroxylation sites is 1. The number of anilines is 3. The Kier molecular flexibility index (Phi) is 10.0. The minimum atomic E-state index is 1.08. The van der Waals surface area contributed by atoms with E-state index in [0.29, 0.717) is 0 Å². The second-order valence-corrected chi connectivity index (χ2v) is 8.12. The lowest BCUT2D eigenvalue weighted by molar-refractivity contribution is 0.842. The summed E-state index contributed by atoms with van der Waals surface area (Å²) in [6, 6.07) is 28.6. The van der Waals surface area contributed by atoms with Gasteiger partial charge in [-0.15, -0.1) is 0 Å². The first-order chi connectivity index (χ1) is 16.3. The number of allylic oxidation sites excluding steroid dienone is 6. The molecule has 0 fully saturated rings. The average Bonchev–Trinajstić information content (AvgIpc) is 2.86. The lowest BCUT2D eigenvalue weighted by Gasteiger charge is -2.26. The molecule has 168 valence electrons. The van der Waals surface area contributed by atoms with E-state index in [1.165, 1.54) is 28.2 Å². The molecule has 3 rings (SSSR count). The van der Waals surface area contributed by atoms with E-state index < -0.39 is 0 Å². The molecule has 0 radical (unpaired) electrons. The minimum Gasteiger partial charge on any atom is -0.311 e. The quantitative estimate of drug-likeness (QED) is 0.192. The first-order valence-electron chi connectivity index (χ1n) is 11.9. The van der Waals surface area contributed by atoms with Gasteiger partial charge in [0, 0.05) is 17.1 Å². The third kappa shape index (κ3) is 7.80. The molecule has 0 bridgehead atoms. The zero-order chi connectivity index (χ0) is 23.1. The van der Waals surface area contributed by atoms with Gasteiger partial charge in [0.1, 0.15) is 0 Å². The number of hydrogen-bond donors (Lipinski definition) is 0. The normalized spacial score (nSPS) is 11.2. The molecule has 0 aliphatic rings. The summed E-state index contributed by atoms with van der Waals surface area (Å²) < 4.78 is 0. The van der Waals surface area contributed by atoms with Crippen LogP contribution in [0.4, 0.5) is 17.1 Å². The van der Waals surface area contributed by atoms with Crippen molar-refractivity contribution in [3.8, 4) is 0 Å². The molecule has 0 aromatic heterocycles. The average molecular weight is 434 g/mol. The fourth-order valence-corrected chi connectivity index (χ4v) is 3.88. The third-order valence-corrected chi connectivity index (χ3v) is 5.62. The van der Waals surface area contributed by atoms with E-state index in [1.54, 1.807) is 0 Å². The Morgan fingerprint density at radius 1 is 0.545 bits per heavy atom. The first-order valence-corrected chi connectivity index (χ1v) is 11.9. The number of aryl methyl sites for hydroxylation is 2. The van der Waals surface area contributed by atoms with E-state index in [9.17, 15) is 0 Å². The van der Waals surface area contributed by atoms with Crippen LogP contribution in [0.1, 0.15) is 36.8 Å². The zero-order valence-corrected chi connectivity index (χ0v) is 19.6. The van der Waals surface area contributed by atoms with Gasteiger partial charge in [0.2, 0.25) is 0 Å². The van der Waals surface area contributed by atoms with Gasteiger partial charge >= 0.3 is 0 Å². The zero-order valence-electron chi connectivity index (χ0n) is 19.6. The molecule has 3 aromatic carbocycles. The number of benzene rings is 3. The molecule has 0 saturated carbocycles. The van der Waals surface area contributed by atoms with Gasteiger partial charge in [-0.1, -0.05) is 92.1 Å². The van der Waals surface area contributed by atoms with Gasteiger partial charge in [-0.3, -0.25) is 0 Å². The molecule has 1 heteroatoms. The minimum absolute atomic E-state index is 1.08. The van der Waals surface area contributed by atoms with Crippen LogP contribution in [0.5, 0.6) is 0 Å². The number of nitrogens with zero attached hydrogens (tertiary/aromatic N) is 1. The van der Waals surface area contributed by atoms with E-state index in [1.807, 2.05) is 24.3 Å². The maximum absolute atomic E-state index is 3.72. The van der Waals surface area contributed by atoms with E-state index in [-0.39, 0.29) is 0 Å². The van der Waals surface area contributed by atoms with Gasteiger partial charge < -0.3 is 4.90 Å². The Bertz CT molecular complexity index is 957. The lowest BCUT2D eigenvalue weighted by atomic mass is 10.1. The third-order valence-electron chi connectivity index (χ3n) is 5.62. The van der Waals surface area contributed by atoms with Gasteiger partial charge in [0.05, 0.1) is 0 Å². The smallest absolute Gasteiger partial charge is 0.0461 e. The molecule has 1 nitrogen and oxygen atoms in total. The van der Waals surface area contributed by atoms with Gasteiger partial charge in [-0.25, -0.2) is 0 Å². The molecule has 0 aliphatic heterocycles. The summed E-state index contributed by atoms with van der Waals surface area (Å²) in [6.07, 6.45) is 18.7. The fourth-order valence-electron chi connectivity index (χ4n) is 3.88. The summed E-state index contributed by atoms with van der Waals surface area (Å²) >= 11 is 0. The number of rotatable bonds is 13. The molecule has 3 aromatic rings. The largest absolute Gasteiger partial charge is 0.311 e. The molecule has 0 aliphatic carbocycles. The van der Waals surface area contributed by atoms with Gasteiger partial charge in [0.25, 0.3) is 0 Å². The topological polar surface area (TPSA) is 3.24 Å². The standard InChI is InChI=1S/C32H35N/c1-3-5-7-9-12-16-28-20-24-31(25-21-28)33(30-18-14-11-15-19-30)32-26-22-29(23-27-32)17-13-10-8-6-4-2/h3-8,11,14-15,18-27H,1-2,9-10,12-13,16-17H2/b7-5+,8-6+. The molecular weight excluding hydrogens is 398 g/mol. The van der Waals surface area contributed by atoms with Crippen LogP contribution in [0, 0.1) is 0 Å². The van der Waals surface area contributed by atoms with Crippen LogP contribution in [0.2, 0.25) is 0 Å². The highest BCUT2D eigenvalue weighted by molar-refractivity contribution is 5.76. The van der Waals surface area contributed by atoms with Crippen LogP contribution in [0.15, 0.2) is 128 Å². The van der Waals surface area contributed by atoms with Crippen LogP contribution >= 0.6 is 0 Å². The Balaban J connectivity index is 1.73. The van der Waals surface area contributed by atoms with Crippen molar-refractivity contribution < 1.29 is 0 Å². The highest BCUT2D eigenvalue weighted by Gasteiger charge is 2.12. The van der Waals surface area contributed by atoms with Crippen molar-refractivity contribution in [2.45, 2.75) is 38.5 Å². The van der Waals surface area contributed by atoms with Crippen molar-refractivity contribution >= 4 is 17.1 Å². The highest BCUT2D eigenvalue weighted by Crippen LogP contribution is 2.34. The lowest BCUT2D eigenvalue weighted by Crippen LogP contribution is -2.10. The Morgan fingerprint density at radius 3 is 1.39 bits per heavy atom. The highest BCUT2D eigenvalue weighted by atomic mass is 15.1. The number of hydrogen-bond acceptors (Lipinski definition) is 1.